The standard InChI is InChI=1S/C16H21N3.C5H11NO2/c1-13-11-19(12-13)15-6-8-18(9-7-15)16-5-3-2-4-14(16)10-17;1-5(2,3)8-4(6)7/h2-5,13,15H,6-9,11-12H2,1H3;1-3H3,(H2,6,7). The molecule has 2 fully saturated rings. The van der Waals surface area contributed by atoms with E-state index < -0.39 is 11.7 Å². The monoisotopic (exact) mass is 372 g/mol. The first-order valence-electron chi connectivity index (χ1n) is 9.66. The molecule has 1 aromatic rings. The number of amides is 1. The number of rotatable bonds is 2. The van der Waals surface area contributed by atoms with Crippen molar-refractivity contribution in [2.45, 2.75) is 52.2 Å². The summed E-state index contributed by atoms with van der Waals surface area (Å²) in [5, 5.41) is 9.18. The second kappa shape index (κ2) is 9.09. The maximum absolute atomic E-state index is 10.0. The zero-order valence-corrected chi connectivity index (χ0v) is 16.9. The Morgan fingerprint density at radius 2 is 1.81 bits per heavy atom. The summed E-state index contributed by atoms with van der Waals surface area (Å²) < 4.78 is 4.58. The van der Waals surface area contributed by atoms with Crippen LogP contribution in [0.15, 0.2) is 24.3 Å². The first kappa shape index (κ1) is 21.0. The molecule has 148 valence electrons. The van der Waals surface area contributed by atoms with Crippen LogP contribution in [0.4, 0.5) is 10.5 Å². The van der Waals surface area contributed by atoms with Gasteiger partial charge in [0, 0.05) is 32.2 Å². The van der Waals surface area contributed by atoms with E-state index in [9.17, 15) is 10.1 Å². The highest BCUT2D eigenvalue weighted by molar-refractivity contribution is 5.65. The molecule has 2 saturated heterocycles. The third-order valence-electron chi connectivity index (χ3n) is 4.85. The first-order valence-corrected chi connectivity index (χ1v) is 9.66. The Kier molecular flexibility index (Phi) is 7.09. The molecule has 2 heterocycles. The Hall–Kier alpha value is -2.26. The number of hydrogen-bond donors (Lipinski definition) is 1. The van der Waals surface area contributed by atoms with Gasteiger partial charge in [0.2, 0.25) is 0 Å². The van der Waals surface area contributed by atoms with Gasteiger partial charge in [-0.2, -0.15) is 5.26 Å². The van der Waals surface area contributed by atoms with Crippen LogP contribution in [0.3, 0.4) is 0 Å². The number of nitrogens with zero attached hydrogens (tertiary/aromatic N) is 3. The molecule has 0 aliphatic carbocycles. The minimum Gasteiger partial charge on any atom is -0.444 e. The van der Waals surface area contributed by atoms with Gasteiger partial charge in [0.05, 0.1) is 11.3 Å². The maximum atomic E-state index is 10.0. The molecule has 2 aliphatic rings. The molecule has 0 bridgehead atoms. The summed E-state index contributed by atoms with van der Waals surface area (Å²) in [6.45, 7) is 12.3. The van der Waals surface area contributed by atoms with Gasteiger partial charge < -0.3 is 15.4 Å². The highest BCUT2D eigenvalue weighted by Crippen LogP contribution is 2.28. The third-order valence-corrected chi connectivity index (χ3v) is 4.85. The lowest BCUT2D eigenvalue weighted by Gasteiger charge is -2.46. The number of hydrogen-bond acceptors (Lipinski definition) is 5. The van der Waals surface area contributed by atoms with Crippen molar-refractivity contribution in [3.8, 4) is 6.07 Å². The Labute approximate surface area is 162 Å². The fourth-order valence-electron chi connectivity index (χ4n) is 3.66. The number of piperidine rings is 1. The van der Waals surface area contributed by atoms with Crippen molar-refractivity contribution >= 4 is 11.8 Å². The second-order valence-electron chi connectivity index (χ2n) is 8.44. The molecule has 0 unspecified atom stereocenters. The van der Waals surface area contributed by atoms with Crippen LogP contribution < -0.4 is 10.6 Å². The van der Waals surface area contributed by atoms with Crippen LogP contribution in [0.2, 0.25) is 0 Å². The van der Waals surface area contributed by atoms with Gasteiger partial charge in [0.1, 0.15) is 11.7 Å². The van der Waals surface area contributed by atoms with Crippen molar-refractivity contribution < 1.29 is 9.53 Å². The van der Waals surface area contributed by atoms with Crippen LogP contribution >= 0.6 is 0 Å². The van der Waals surface area contributed by atoms with Crippen molar-refractivity contribution in [2.24, 2.45) is 11.7 Å². The zero-order valence-electron chi connectivity index (χ0n) is 16.9. The number of nitrogens with two attached hydrogens (primary N) is 1. The molecule has 2 N–H and O–H groups in total. The number of carbonyl (C=O) groups excluding carboxylic acids is 1. The molecule has 1 amide bonds. The highest BCUT2D eigenvalue weighted by Gasteiger charge is 2.32. The van der Waals surface area contributed by atoms with Gasteiger partial charge >= 0.3 is 6.09 Å². The first-order chi connectivity index (χ1) is 12.7. The van der Waals surface area contributed by atoms with E-state index in [1.165, 1.54) is 25.9 Å². The van der Waals surface area contributed by atoms with Gasteiger partial charge in [-0.25, -0.2) is 4.79 Å². The lowest BCUT2D eigenvalue weighted by Crippen LogP contribution is -2.54. The van der Waals surface area contributed by atoms with Gasteiger partial charge in [0.25, 0.3) is 0 Å². The van der Waals surface area contributed by atoms with E-state index in [4.69, 9.17) is 5.73 Å². The van der Waals surface area contributed by atoms with E-state index in [0.29, 0.717) is 0 Å². The molecule has 1 aromatic carbocycles. The summed E-state index contributed by atoms with van der Waals surface area (Å²) in [6, 6.07) is 11.0. The Balaban J connectivity index is 0.000000279. The fraction of sp³-hybridized carbons (Fsp3) is 0.619. The van der Waals surface area contributed by atoms with Gasteiger partial charge in [-0.1, -0.05) is 19.1 Å². The number of nitriles is 1. The lowest BCUT2D eigenvalue weighted by molar-refractivity contribution is 0.0503. The molecular weight excluding hydrogens is 340 g/mol. The van der Waals surface area contributed by atoms with Crippen LogP contribution in [0.5, 0.6) is 0 Å². The van der Waals surface area contributed by atoms with Gasteiger partial charge in [-0.05, 0) is 51.7 Å². The number of primary amides is 1. The molecule has 2 aliphatic heterocycles. The van der Waals surface area contributed by atoms with Gasteiger partial charge in [-0.3, -0.25) is 4.90 Å². The van der Waals surface area contributed by atoms with Crippen molar-refractivity contribution in [1.29, 1.82) is 5.26 Å². The summed E-state index contributed by atoms with van der Waals surface area (Å²) in [7, 11) is 0. The average Bonchev–Trinajstić information content (AvgIpc) is 2.57. The molecule has 3 rings (SSSR count). The summed E-state index contributed by atoms with van der Waals surface area (Å²) in [6.07, 6.45) is 1.73. The molecule has 0 spiro atoms. The average molecular weight is 373 g/mol. The normalized spacial score (nSPS) is 18.7. The quantitative estimate of drug-likeness (QED) is 0.861. The Bertz CT molecular complexity index is 663. The van der Waals surface area contributed by atoms with Crippen molar-refractivity contribution in [1.82, 2.24) is 4.90 Å². The minimum atomic E-state index is -0.725. The highest BCUT2D eigenvalue weighted by atomic mass is 16.6. The third kappa shape index (κ3) is 6.44. The number of carbonyl (C=O) groups is 1. The van der Waals surface area contributed by atoms with Crippen molar-refractivity contribution in [2.75, 3.05) is 31.1 Å². The molecular formula is C21H32N4O2. The largest absolute Gasteiger partial charge is 0.444 e. The van der Waals surface area contributed by atoms with Crippen LogP contribution in [-0.2, 0) is 4.74 Å². The van der Waals surface area contributed by atoms with E-state index in [1.807, 2.05) is 18.2 Å². The Morgan fingerprint density at radius 1 is 1.22 bits per heavy atom. The number of para-hydroxylation sites is 1. The SMILES string of the molecule is CC(C)(C)OC(N)=O.CC1CN(C2CCN(c3ccccc3C#N)CC2)C1. The summed E-state index contributed by atoms with van der Waals surface area (Å²) in [5.41, 5.74) is 6.18. The number of benzene rings is 1. The molecule has 27 heavy (non-hydrogen) atoms. The molecule has 0 saturated carbocycles. The van der Waals surface area contributed by atoms with E-state index in [-0.39, 0.29) is 0 Å². The van der Waals surface area contributed by atoms with Crippen molar-refractivity contribution in [3.05, 3.63) is 29.8 Å². The van der Waals surface area contributed by atoms with Crippen LogP contribution in [0.1, 0.15) is 46.1 Å². The summed E-state index contributed by atoms with van der Waals surface area (Å²) >= 11 is 0. The molecule has 6 nitrogen and oxygen atoms in total. The van der Waals surface area contributed by atoms with Crippen LogP contribution in [0, 0.1) is 17.2 Å². The number of ether oxygens (including phenoxy) is 1. The van der Waals surface area contributed by atoms with E-state index in [1.54, 1.807) is 20.8 Å². The van der Waals surface area contributed by atoms with E-state index >= 15 is 0 Å². The summed E-state index contributed by atoms with van der Waals surface area (Å²) in [4.78, 5) is 15.0. The molecule has 0 radical (unpaired) electrons. The van der Waals surface area contributed by atoms with E-state index in [2.05, 4.69) is 33.6 Å². The smallest absolute Gasteiger partial charge is 0.405 e. The topological polar surface area (TPSA) is 82.6 Å². The lowest BCUT2D eigenvalue weighted by atomic mass is 9.94. The molecule has 0 aromatic heterocycles. The minimum absolute atomic E-state index is 0.453. The van der Waals surface area contributed by atoms with E-state index in [0.717, 1.165) is 36.3 Å². The molecule has 0 atom stereocenters. The number of anilines is 1. The zero-order chi connectivity index (χ0) is 20.0. The predicted molar refractivity (Wildman–Crippen MR) is 108 cm³/mol. The van der Waals surface area contributed by atoms with Crippen molar-refractivity contribution in [3.63, 3.8) is 0 Å². The van der Waals surface area contributed by atoms with Crippen LogP contribution in [0.25, 0.3) is 0 Å². The van der Waals surface area contributed by atoms with Crippen LogP contribution in [-0.4, -0.2) is 48.8 Å². The fourth-order valence-corrected chi connectivity index (χ4v) is 3.66. The number of likely N-dealkylation sites (tertiary alicyclic amines) is 1. The molecule has 6 heteroatoms. The van der Waals surface area contributed by atoms with Gasteiger partial charge in [-0.15, -0.1) is 0 Å². The Morgan fingerprint density at radius 3 is 2.26 bits per heavy atom. The summed E-state index contributed by atoms with van der Waals surface area (Å²) in [5.74, 6) is 0.886. The second-order valence-corrected chi connectivity index (χ2v) is 8.44. The maximum Gasteiger partial charge on any atom is 0.405 e. The van der Waals surface area contributed by atoms with Gasteiger partial charge in [0.15, 0.2) is 0 Å². The predicted octanol–water partition coefficient (Wildman–Crippen LogP) is 3.36.